The Kier molecular flexibility index (Phi) is 7.44. The minimum Gasteiger partial charge on any atom is -0.502 e. The van der Waals surface area contributed by atoms with Crippen molar-refractivity contribution >= 4 is 0 Å². The molecular formula is C12H25NO2. The van der Waals surface area contributed by atoms with Crippen molar-refractivity contribution in [3.8, 4) is 0 Å². The van der Waals surface area contributed by atoms with Gasteiger partial charge < -0.3 is 14.8 Å². The third-order valence-corrected chi connectivity index (χ3v) is 2.40. The number of methoxy groups -OCH3 is 1. The molecule has 3 heteroatoms. The lowest BCUT2D eigenvalue weighted by atomic mass is 10.00. The van der Waals surface area contributed by atoms with E-state index in [1.54, 1.807) is 7.11 Å². The van der Waals surface area contributed by atoms with Crippen molar-refractivity contribution in [1.82, 2.24) is 5.32 Å². The van der Waals surface area contributed by atoms with E-state index in [0.717, 1.165) is 26.0 Å². The van der Waals surface area contributed by atoms with Gasteiger partial charge in [-0.2, -0.15) is 0 Å². The normalized spacial score (nSPS) is 13.6. The van der Waals surface area contributed by atoms with Gasteiger partial charge in [-0.3, -0.25) is 0 Å². The van der Waals surface area contributed by atoms with Crippen LogP contribution in [0.2, 0.25) is 0 Å². The van der Waals surface area contributed by atoms with Gasteiger partial charge in [0.15, 0.2) is 0 Å². The van der Waals surface area contributed by atoms with E-state index < -0.39 is 0 Å². The summed E-state index contributed by atoms with van der Waals surface area (Å²) in [5, 5.41) is 3.44. The summed E-state index contributed by atoms with van der Waals surface area (Å²) in [7, 11) is 1.75. The molecule has 0 fully saturated rings. The van der Waals surface area contributed by atoms with Crippen LogP contribution < -0.4 is 5.32 Å². The quantitative estimate of drug-likeness (QED) is 0.473. The third kappa shape index (κ3) is 8.45. The van der Waals surface area contributed by atoms with Crippen LogP contribution in [-0.4, -0.2) is 31.9 Å². The number of ether oxygens (including phenoxy) is 2. The maximum Gasteiger partial charge on any atom is 0.0885 e. The summed E-state index contributed by atoms with van der Waals surface area (Å²) in [6.45, 7) is 11.6. The van der Waals surface area contributed by atoms with Gasteiger partial charge in [0.2, 0.25) is 0 Å². The molecule has 1 N–H and O–H groups in total. The van der Waals surface area contributed by atoms with Crippen molar-refractivity contribution in [3.05, 3.63) is 12.8 Å². The fourth-order valence-corrected chi connectivity index (χ4v) is 1.48. The molecule has 0 aromatic heterocycles. The molecule has 0 aliphatic carbocycles. The largest absolute Gasteiger partial charge is 0.502 e. The second-order valence-corrected chi connectivity index (χ2v) is 4.41. The van der Waals surface area contributed by atoms with Gasteiger partial charge in [-0.15, -0.1) is 0 Å². The lowest BCUT2D eigenvalue weighted by molar-refractivity contribution is 0.00852. The molecule has 0 spiro atoms. The van der Waals surface area contributed by atoms with Gasteiger partial charge in [0, 0.05) is 13.2 Å². The maximum atomic E-state index is 5.38. The van der Waals surface area contributed by atoms with E-state index in [-0.39, 0.29) is 5.60 Å². The van der Waals surface area contributed by atoms with E-state index >= 15 is 0 Å². The van der Waals surface area contributed by atoms with Gasteiger partial charge in [-0.1, -0.05) is 6.58 Å². The number of hydrogen-bond acceptors (Lipinski definition) is 3. The van der Waals surface area contributed by atoms with Crippen molar-refractivity contribution in [2.45, 2.75) is 45.3 Å². The van der Waals surface area contributed by atoms with Gasteiger partial charge in [-0.25, -0.2) is 0 Å². The molecule has 0 saturated heterocycles. The molecule has 0 bridgehead atoms. The van der Waals surface area contributed by atoms with Crippen LogP contribution in [0.4, 0.5) is 0 Å². The molecular weight excluding hydrogens is 190 g/mol. The van der Waals surface area contributed by atoms with Gasteiger partial charge in [0.1, 0.15) is 0 Å². The Balaban J connectivity index is 3.48. The molecule has 0 aliphatic heterocycles. The van der Waals surface area contributed by atoms with Crippen LogP contribution in [0.5, 0.6) is 0 Å². The first-order chi connectivity index (χ1) is 7.02. The van der Waals surface area contributed by atoms with Crippen molar-refractivity contribution in [2.75, 3.05) is 20.3 Å². The van der Waals surface area contributed by atoms with Crippen molar-refractivity contribution in [1.29, 1.82) is 0 Å². The highest BCUT2D eigenvalue weighted by atomic mass is 16.5. The standard InChI is InChI=1S/C12H25NO2/c1-6-15-9-7-8-13-11(2)10-12(3,4)14-5/h6,11,13H,1,7-10H2,2-5H3. The Bertz CT molecular complexity index is 169. The van der Waals surface area contributed by atoms with Gasteiger partial charge in [0.25, 0.3) is 0 Å². The average molecular weight is 215 g/mol. The molecule has 0 amide bonds. The molecule has 0 rings (SSSR count). The van der Waals surface area contributed by atoms with Crippen LogP contribution in [-0.2, 0) is 9.47 Å². The van der Waals surface area contributed by atoms with Crippen molar-refractivity contribution < 1.29 is 9.47 Å². The van der Waals surface area contributed by atoms with Gasteiger partial charge >= 0.3 is 0 Å². The molecule has 90 valence electrons. The summed E-state index contributed by atoms with van der Waals surface area (Å²) >= 11 is 0. The lowest BCUT2D eigenvalue weighted by Crippen LogP contribution is -2.36. The van der Waals surface area contributed by atoms with Crippen LogP contribution in [0.15, 0.2) is 12.8 Å². The van der Waals surface area contributed by atoms with Crippen LogP contribution >= 0.6 is 0 Å². The van der Waals surface area contributed by atoms with Gasteiger partial charge in [0.05, 0.1) is 18.5 Å². The van der Waals surface area contributed by atoms with E-state index in [4.69, 9.17) is 9.47 Å². The highest BCUT2D eigenvalue weighted by Gasteiger charge is 2.19. The number of nitrogens with one attached hydrogen (secondary N) is 1. The molecule has 0 saturated carbocycles. The number of rotatable bonds is 9. The Morgan fingerprint density at radius 1 is 1.47 bits per heavy atom. The predicted octanol–water partition coefficient (Wildman–Crippen LogP) is 2.33. The molecule has 0 aliphatic rings. The Morgan fingerprint density at radius 2 is 2.13 bits per heavy atom. The minimum absolute atomic E-state index is 0.0516. The SMILES string of the molecule is C=COCCCNC(C)CC(C)(C)OC. The minimum atomic E-state index is -0.0516. The maximum absolute atomic E-state index is 5.38. The average Bonchev–Trinajstić information content (AvgIpc) is 2.17. The summed E-state index contributed by atoms with van der Waals surface area (Å²) in [6, 6.07) is 0.462. The predicted molar refractivity (Wildman–Crippen MR) is 63.9 cm³/mol. The summed E-state index contributed by atoms with van der Waals surface area (Å²) in [4.78, 5) is 0. The van der Waals surface area contributed by atoms with E-state index in [9.17, 15) is 0 Å². The number of hydrogen-bond donors (Lipinski definition) is 1. The lowest BCUT2D eigenvalue weighted by Gasteiger charge is -2.27. The Hall–Kier alpha value is -0.540. The van der Waals surface area contributed by atoms with Crippen LogP contribution in [0.25, 0.3) is 0 Å². The molecule has 15 heavy (non-hydrogen) atoms. The van der Waals surface area contributed by atoms with E-state index in [0.29, 0.717) is 6.04 Å². The molecule has 3 nitrogen and oxygen atoms in total. The van der Waals surface area contributed by atoms with Crippen LogP contribution in [0, 0.1) is 0 Å². The second-order valence-electron chi connectivity index (χ2n) is 4.41. The smallest absolute Gasteiger partial charge is 0.0885 e. The molecule has 1 atom stereocenters. The van der Waals surface area contributed by atoms with E-state index in [1.165, 1.54) is 6.26 Å². The fraction of sp³-hybridized carbons (Fsp3) is 0.833. The van der Waals surface area contributed by atoms with Crippen LogP contribution in [0.3, 0.4) is 0 Å². The summed E-state index contributed by atoms with van der Waals surface area (Å²) < 4.78 is 10.4. The van der Waals surface area contributed by atoms with Gasteiger partial charge in [-0.05, 0) is 40.2 Å². The molecule has 0 aromatic carbocycles. The topological polar surface area (TPSA) is 30.5 Å². The fourth-order valence-electron chi connectivity index (χ4n) is 1.48. The monoisotopic (exact) mass is 215 g/mol. The zero-order chi connectivity index (χ0) is 11.7. The molecule has 1 unspecified atom stereocenters. The Morgan fingerprint density at radius 3 is 2.67 bits per heavy atom. The van der Waals surface area contributed by atoms with Crippen molar-refractivity contribution in [3.63, 3.8) is 0 Å². The first kappa shape index (κ1) is 14.5. The highest BCUT2D eigenvalue weighted by molar-refractivity contribution is 4.75. The molecule has 0 heterocycles. The van der Waals surface area contributed by atoms with Crippen LogP contribution in [0.1, 0.15) is 33.6 Å². The summed E-state index contributed by atoms with van der Waals surface area (Å²) in [5.74, 6) is 0. The first-order valence-corrected chi connectivity index (χ1v) is 5.53. The van der Waals surface area contributed by atoms with E-state index in [1.807, 2.05) is 0 Å². The molecule has 0 aromatic rings. The van der Waals surface area contributed by atoms with E-state index in [2.05, 4.69) is 32.7 Å². The second kappa shape index (κ2) is 7.71. The summed E-state index contributed by atoms with van der Waals surface area (Å²) in [6.07, 6.45) is 3.49. The molecule has 0 radical (unpaired) electrons. The first-order valence-electron chi connectivity index (χ1n) is 5.53. The highest BCUT2D eigenvalue weighted by Crippen LogP contribution is 2.15. The third-order valence-electron chi connectivity index (χ3n) is 2.40. The zero-order valence-electron chi connectivity index (χ0n) is 10.5. The summed E-state index contributed by atoms with van der Waals surface area (Å²) in [5.41, 5.74) is -0.0516. The van der Waals surface area contributed by atoms with Crippen molar-refractivity contribution in [2.24, 2.45) is 0 Å². The Labute approximate surface area is 93.8 Å². The zero-order valence-corrected chi connectivity index (χ0v) is 10.5.